The molecule has 0 saturated carbocycles. The molecular formula is C17H19N5OS. The zero-order valence-corrected chi connectivity index (χ0v) is 14.3. The van der Waals surface area contributed by atoms with E-state index >= 15 is 0 Å². The highest BCUT2D eigenvalue weighted by atomic mass is 32.1. The van der Waals surface area contributed by atoms with Crippen molar-refractivity contribution in [1.82, 2.24) is 19.5 Å². The molecule has 1 N–H and O–H groups in total. The minimum absolute atomic E-state index is 0.126. The lowest BCUT2D eigenvalue weighted by molar-refractivity contribution is 0.328. The number of nitrogens with one attached hydrogen (secondary N) is 1. The molecule has 1 fully saturated rings. The molecule has 0 amide bonds. The smallest absolute Gasteiger partial charge is 0.275 e. The average Bonchev–Trinajstić information content (AvgIpc) is 3.15. The van der Waals surface area contributed by atoms with E-state index in [9.17, 15) is 4.79 Å². The molecule has 1 atom stereocenters. The molecule has 1 aromatic carbocycles. The zero-order valence-electron chi connectivity index (χ0n) is 13.5. The van der Waals surface area contributed by atoms with Crippen molar-refractivity contribution in [1.29, 1.82) is 0 Å². The first-order valence-corrected chi connectivity index (χ1v) is 8.89. The van der Waals surface area contributed by atoms with Crippen LogP contribution in [0.1, 0.15) is 17.7 Å². The van der Waals surface area contributed by atoms with E-state index in [0.29, 0.717) is 11.0 Å². The summed E-state index contributed by atoms with van der Waals surface area (Å²) in [5.41, 5.74) is 1.94. The highest BCUT2D eigenvalue weighted by molar-refractivity contribution is 7.20. The third kappa shape index (κ3) is 3.18. The predicted molar refractivity (Wildman–Crippen MR) is 95.6 cm³/mol. The highest BCUT2D eigenvalue weighted by Crippen LogP contribution is 2.21. The summed E-state index contributed by atoms with van der Waals surface area (Å²) in [6, 6.07) is 12.4. The van der Waals surface area contributed by atoms with Gasteiger partial charge in [-0.05, 0) is 18.9 Å². The van der Waals surface area contributed by atoms with Gasteiger partial charge < -0.3 is 5.32 Å². The molecule has 4 rings (SSSR count). The summed E-state index contributed by atoms with van der Waals surface area (Å²) >= 11 is 1.43. The second-order valence-corrected chi connectivity index (χ2v) is 7.14. The summed E-state index contributed by atoms with van der Waals surface area (Å²) in [6.45, 7) is 4.84. The standard InChI is InChI=1S/C17H19N5OS/c1-12-9-15(23)22-17(18-12)24-16(20-22)19-14-7-8-21(11-14)10-13-5-3-2-4-6-13/h2-6,9,14H,7-8,10-11H2,1H3,(H,19,20)/t14-/m0/s1. The van der Waals surface area contributed by atoms with E-state index in [1.54, 1.807) is 0 Å². The summed E-state index contributed by atoms with van der Waals surface area (Å²) in [5.74, 6) is 0. The van der Waals surface area contributed by atoms with Crippen molar-refractivity contribution in [2.75, 3.05) is 18.4 Å². The molecule has 0 bridgehead atoms. The van der Waals surface area contributed by atoms with Gasteiger partial charge in [0.2, 0.25) is 10.1 Å². The number of nitrogens with zero attached hydrogens (tertiary/aromatic N) is 4. The molecule has 0 aliphatic carbocycles. The molecule has 24 heavy (non-hydrogen) atoms. The third-order valence-electron chi connectivity index (χ3n) is 4.22. The second-order valence-electron chi connectivity index (χ2n) is 6.19. The number of fused-ring (bicyclic) bond motifs is 1. The first kappa shape index (κ1) is 15.3. The van der Waals surface area contributed by atoms with Crippen LogP contribution in [0.3, 0.4) is 0 Å². The van der Waals surface area contributed by atoms with E-state index < -0.39 is 0 Å². The Morgan fingerprint density at radius 2 is 2.17 bits per heavy atom. The SMILES string of the molecule is Cc1cc(=O)n2nc(N[C@H]3CCN(Cc4ccccc4)C3)sc2n1. The molecule has 0 radical (unpaired) electrons. The van der Waals surface area contributed by atoms with Crippen molar-refractivity contribution in [3.63, 3.8) is 0 Å². The quantitative estimate of drug-likeness (QED) is 0.788. The van der Waals surface area contributed by atoms with Crippen LogP contribution >= 0.6 is 11.3 Å². The first-order chi connectivity index (χ1) is 11.7. The largest absolute Gasteiger partial charge is 0.356 e. The third-order valence-corrected chi connectivity index (χ3v) is 5.06. The van der Waals surface area contributed by atoms with Gasteiger partial charge in [-0.3, -0.25) is 9.69 Å². The molecule has 0 unspecified atom stereocenters. The fraction of sp³-hybridized carbons (Fsp3) is 0.353. The highest BCUT2D eigenvalue weighted by Gasteiger charge is 2.23. The lowest BCUT2D eigenvalue weighted by Gasteiger charge is -2.16. The van der Waals surface area contributed by atoms with Gasteiger partial charge in [0.05, 0.1) is 0 Å². The normalized spacial score (nSPS) is 18.3. The summed E-state index contributed by atoms with van der Waals surface area (Å²) in [7, 11) is 0. The number of aryl methyl sites for hydroxylation is 1. The van der Waals surface area contributed by atoms with Crippen molar-refractivity contribution in [2.24, 2.45) is 0 Å². The lowest BCUT2D eigenvalue weighted by Crippen LogP contribution is -2.26. The Kier molecular flexibility index (Phi) is 4.03. The van der Waals surface area contributed by atoms with Gasteiger partial charge in [-0.1, -0.05) is 41.7 Å². The van der Waals surface area contributed by atoms with E-state index in [4.69, 9.17) is 0 Å². The van der Waals surface area contributed by atoms with Gasteiger partial charge in [0.1, 0.15) is 0 Å². The van der Waals surface area contributed by atoms with Crippen molar-refractivity contribution in [3.05, 3.63) is 58.0 Å². The Bertz CT molecular complexity index is 904. The van der Waals surface area contributed by atoms with E-state index in [0.717, 1.165) is 36.9 Å². The van der Waals surface area contributed by atoms with Gasteiger partial charge in [0, 0.05) is 37.4 Å². The number of hydrogen-bond acceptors (Lipinski definition) is 6. The predicted octanol–water partition coefficient (Wildman–Crippen LogP) is 2.15. The topological polar surface area (TPSA) is 62.5 Å². The molecule has 1 saturated heterocycles. The molecule has 0 spiro atoms. The number of aromatic nitrogens is 3. The number of anilines is 1. The number of likely N-dealkylation sites (tertiary alicyclic amines) is 1. The van der Waals surface area contributed by atoms with E-state index in [2.05, 4.69) is 44.6 Å². The number of rotatable bonds is 4. The maximum absolute atomic E-state index is 11.9. The molecule has 6 nitrogen and oxygen atoms in total. The summed E-state index contributed by atoms with van der Waals surface area (Å²) in [4.78, 5) is 19.4. The minimum atomic E-state index is -0.126. The Hall–Kier alpha value is -2.25. The Labute approximate surface area is 143 Å². The van der Waals surface area contributed by atoms with Gasteiger partial charge in [-0.2, -0.15) is 4.52 Å². The second kappa shape index (κ2) is 6.33. The summed E-state index contributed by atoms with van der Waals surface area (Å²) in [5, 5.41) is 8.58. The van der Waals surface area contributed by atoms with Gasteiger partial charge in [0.15, 0.2) is 0 Å². The van der Waals surface area contributed by atoms with Crippen molar-refractivity contribution >= 4 is 21.4 Å². The average molecular weight is 341 g/mol. The number of hydrogen-bond donors (Lipinski definition) is 1. The molecule has 2 aromatic heterocycles. The fourth-order valence-electron chi connectivity index (χ4n) is 3.09. The lowest BCUT2D eigenvalue weighted by atomic mass is 10.2. The molecule has 3 aromatic rings. The Morgan fingerprint density at radius 1 is 1.33 bits per heavy atom. The van der Waals surface area contributed by atoms with Gasteiger partial charge in [-0.25, -0.2) is 4.98 Å². The zero-order chi connectivity index (χ0) is 16.5. The van der Waals surface area contributed by atoms with Crippen LogP contribution in [0.5, 0.6) is 0 Å². The van der Waals surface area contributed by atoms with Gasteiger partial charge >= 0.3 is 0 Å². The molecular weight excluding hydrogens is 322 g/mol. The van der Waals surface area contributed by atoms with Crippen LogP contribution in [0.2, 0.25) is 0 Å². The van der Waals surface area contributed by atoms with E-state index in [1.165, 1.54) is 27.5 Å². The Balaban J connectivity index is 1.43. The van der Waals surface area contributed by atoms with E-state index in [-0.39, 0.29) is 5.56 Å². The molecule has 7 heteroatoms. The fourth-order valence-corrected chi connectivity index (χ4v) is 4.02. The monoisotopic (exact) mass is 341 g/mol. The van der Waals surface area contributed by atoms with Crippen LogP contribution in [0.25, 0.3) is 4.96 Å². The maximum Gasteiger partial charge on any atom is 0.275 e. The maximum atomic E-state index is 11.9. The molecule has 3 heterocycles. The number of benzene rings is 1. The van der Waals surface area contributed by atoms with Crippen LogP contribution < -0.4 is 10.9 Å². The van der Waals surface area contributed by atoms with Gasteiger partial charge in [0.25, 0.3) is 5.56 Å². The van der Waals surface area contributed by atoms with Gasteiger partial charge in [-0.15, -0.1) is 5.10 Å². The Morgan fingerprint density at radius 3 is 3.00 bits per heavy atom. The summed E-state index contributed by atoms with van der Waals surface area (Å²) in [6.07, 6.45) is 1.07. The molecule has 1 aliphatic heterocycles. The van der Waals surface area contributed by atoms with Crippen LogP contribution in [0.15, 0.2) is 41.2 Å². The van der Waals surface area contributed by atoms with Crippen LogP contribution in [0, 0.1) is 6.92 Å². The first-order valence-electron chi connectivity index (χ1n) is 8.08. The van der Waals surface area contributed by atoms with Crippen LogP contribution in [0.4, 0.5) is 5.13 Å². The van der Waals surface area contributed by atoms with Crippen LogP contribution in [-0.2, 0) is 6.54 Å². The molecule has 124 valence electrons. The molecule has 1 aliphatic rings. The van der Waals surface area contributed by atoms with Crippen molar-refractivity contribution in [2.45, 2.75) is 25.9 Å². The van der Waals surface area contributed by atoms with Crippen molar-refractivity contribution < 1.29 is 0 Å². The minimum Gasteiger partial charge on any atom is -0.356 e. The van der Waals surface area contributed by atoms with Crippen LogP contribution in [-0.4, -0.2) is 38.6 Å². The summed E-state index contributed by atoms with van der Waals surface area (Å²) < 4.78 is 1.37. The van der Waals surface area contributed by atoms with Crippen molar-refractivity contribution in [3.8, 4) is 0 Å². The van der Waals surface area contributed by atoms with E-state index in [1.807, 2.05) is 13.0 Å².